The predicted octanol–water partition coefficient (Wildman–Crippen LogP) is 0.269. The second-order valence-electron chi connectivity index (χ2n) is 2.86. The average molecular weight is 159 g/mol. The van der Waals surface area contributed by atoms with E-state index in [1.165, 1.54) is 0 Å². The average Bonchev–Trinajstić information content (AvgIpc) is 2.03. The molecule has 0 saturated carbocycles. The Kier molecular flexibility index (Phi) is 6.51. The highest BCUT2D eigenvalue weighted by molar-refractivity contribution is 4.67. The predicted molar refractivity (Wildman–Crippen MR) is 49.4 cm³/mol. The maximum Gasteiger partial charge on any atom is 0.0542 e. The van der Waals surface area contributed by atoms with Crippen molar-refractivity contribution in [2.24, 2.45) is 5.73 Å². The highest BCUT2D eigenvalue weighted by Gasteiger charge is 2.06. The van der Waals surface area contributed by atoms with E-state index in [1.807, 2.05) is 7.05 Å². The highest BCUT2D eigenvalue weighted by atomic mass is 15.1. The van der Waals surface area contributed by atoms with Crippen LogP contribution in [0.5, 0.6) is 0 Å². The lowest BCUT2D eigenvalue weighted by Gasteiger charge is -2.21. The third-order valence-corrected chi connectivity index (χ3v) is 1.93. The zero-order chi connectivity index (χ0) is 8.69. The van der Waals surface area contributed by atoms with Crippen LogP contribution in [0.25, 0.3) is 0 Å². The van der Waals surface area contributed by atoms with E-state index in [0.717, 1.165) is 19.4 Å². The van der Waals surface area contributed by atoms with E-state index in [4.69, 9.17) is 5.73 Å². The molecule has 0 amide bonds. The number of nitrogens with one attached hydrogen (secondary N) is 2. The van der Waals surface area contributed by atoms with E-state index in [2.05, 4.69) is 24.5 Å². The van der Waals surface area contributed by atoms with Gasteiger partial charge in [-0.1, -0.05) is 6.92 Å². The summed E-state index contributed by atoms with van der Waals surface area (Å²) in [4.78, 5) is 0. The van der Waals surface area contributed by atoms with Gasteiger partial charge in [-0.05, 0) is 33.4 Å². The van der Waals surface area contributed by atoms with Crippen molar-refractivity contribution in [1.82, 2.24) is 10.6 Å². The topological polar surface area (TPSA) is 50.1 Å². The van der Waals surface area contributed by atoms with Crippen LogP contribution in [0.1, 0.15) is 26.7 Å². The Hall–Kier alpha value is -0.120. The van der Waals surface area contributed by atoms with Gasteiger partial charge in [0.15, 0.2) is 0 Å². The van der Waals surface area contributed by atoms with Gasteiger partial charge in [-0.15, -0.1) is 0 Å². The van der Waals surface area contributed by atoms with Crippen molar-refractivity contribution < 1.29 is 0 Å². The third kappa shape index (κ3) is 5.18. The fraction of sp³-hybridized carbons (Fsp3) is 1.00. The van der Waals surface area contributed by atoms with Crippen molar-refractivity contribution >= 4 is 0 Å². The Labute approximate surface area is 69.7 Å². The van der Waals surface area contributed by atoms with E-state index in [-0.39, 0.29) is 0 Å². The molecule has 4 N–H and O–H groups in total. The Bertz CT molecular complexity index is 85.4. The molecule has 0 spiro atoms. The van der Waals surface area contributed by atoms with Gasteiger partial charge in [-0.3, -0.25) is 5.32 Å². The van der Waals surface area contributed by atoms with Crippen molar-refractivity contribution in [3.63, 3.8) is 0 Å². The van der Waals surface area contributed by atoms with E-state index in [0.29, 0.717) is 12.2 Å². The van der Waals surface area contributed by atoms with Crippen molar-refractivity contribution in [2.75, 3.05) is 13.6 Å². The first-order valence-electron chi connectivity index (χ1n) is 4.38. The van der Waals surface area contributed by atoms with Gasteiger partial charge in [0, 0.05) is 6.04 Å². The Balaban J connectivity index is 3.49. The molecule has 0 bridgehead atoms. The molecule has 2 atom stereocenters. The molecule has 0 aromatic carbocycles. The van der Waals surface area contributed by atoms with Crippen molar-refractivity contribution in [2.45, 2.75) is 38.9 Å². The van der Waals surface area contributed by atoms with E-state index >= 15 is 0 Å². The van der Waals surface area contributed by atoms with Crippen LogP contribution in [0.4, 0.5) is 0 Å². The van der Waals surface area contributed by atoms with Gasteiger partial charge in [0.25, 0.3) is 0 Å². The molecule has 3 nitrogen and oxygen atoms in total. The maximum atomic E-state index is 5.46. The molecular weight excluding hydrogens is 138 g/mol. The minimum absolute atomic E-state index is 0.381. The summed E-state index contributed by atoms with van der Waals surface area (Å²) < 4.78 is 0. The largest absolute Gasteiger partial charge is 0.330 e. The lowest BCUT2D eigenvalue weighted by atomic mass is 10.1. The second kappa shape index (κ2) is 6.58. The molecule has 0 saturated heterocycles. The van der Waals surface area contributed by atoms with Crippen molar-refractivity contribution in [3.8, 4) is 0 Å². The quantitative estimate of drug-likeness (QED) is 0.488. The zero-order valence-electron chi connectivity index (χ0n) is 7.85. The summed E-state index contributed by atoms with van der Waals surface area (Å²) in [6, 6.07) is 0.558. The summed E-state index contributed by atoms with van der Waals surface area (Å²) in [6.07, 6.45) is 2.58. The molecular formula is C8H21N3. The van der Waals surface area contributed by atoms with Gasteiger partial charge < -0.3 is 11.1 Å². The van der Waals surface area contributed by atoms with E-state index < -0.39 is 0 Å². The van der Waals surface area contributed by atoms with Crippen LogP contribution in [-0.4, -0.2) is 25.8 Å². The lowest BCUT2D eigenvalue weighted by Crippen LogP contribution is -2.44. The summed E-state index contributed by atoms with van der Waals surface area (Å²) in [5.41, 5.74) is 5.46. The molecule has 0 aromatic heterocycles. The Morgan fingerprint density at radius 3 is 2.45 bits per heavy atom. The molecule has 0 rings (SSSR count). The van der Waals surface area contributed by atoms with Gasteiger partial charge in [-0.25, -0.2) is 0 Å². The second-order valence-corrected chi connectivity index (χ2v) is 2.86. The van der Waals surface area contributed by atoms with Gasteiger partial charge in [0.05, 0.1) is 6.17 Å². The van der Waals surface area contributed by atoms with Gasteiger partial charge in [0.1, 0.15) is 0 Å². The van der Waals surface area contributed by atoms with Crippen molar-refractivity contribution in [3.05, 3.63) is 0 Å². The first kappa shape index (κ1) is 10.9. The van der Waals surface area contributed by atoms with Crippen molar-refractivity contribution in [1.29, 1.82) is 0 Å². The highest BCUT2D eigenvalue weighted by Crippen LogP contribution is 1.96. The van der Waals surface area contributed by atoms with E-state index in [9.17, 15) is 0 Å². The molecule has 3 heteroatoms. The minimum atomic E-state index is 0.381. The third-order valence-electron chi connectivity index (χ3n) is 1.93. The van der Waals surface area contributed by atoms with Gasteiger partial charge in [0.2, 0.25) is 0 Å². The number of rotatable bonds is 6. The molecule has 0 aromatic rings. The van der Waals surface area contributed by atoms with Crippen LogP contribution in [0, 0.1) is 0 Å². The zero-order valence-corrected chi connectivity index (χ0v) is 7.85. The smallest absolute Gasteiger partial charge is 0.0542 e. The standard InChI is InChI=1S/C8H21N3/c1-4-8(5-6-9)11-7(2)10-3/h7-8,10-11H,4-6,9H2,1-3H3. The van der Waals surface area contributed by atoms with Crippen LogP contribution < -0.4 is 16.4 Å². The first-order valence-corrected chi connectivity index (χ1v) is 4.38. The molecule has 0 heterocycles. The molecule has 0 aliphatic carbocycles. The summed E-state index contributed by atoms with van der Waals surface area (Å²) in [6.45, 7) is 5.05. The fourth-order valence-electron chi connectivity index (χ4n) is 1.04. The minimum Gasteiger partial charge on any atom is -0.330 e. The molecule has 0 radical (unpaired) electrons. The van der Waals surface area contributed by atoms with Crippen LogP contribution >= 0.6 is 0 Å². The summed E-state index contributed by atoms with van der Waals surface area (Å²) in [7, 11) is 1.95. The number of nitrogens with two attached hydrogens (primary N) is 1. The summed E-state index contributed by atoms with van der Waals surface area (Å²) in [5, 5.41) is 6.56. The fourth-order valence-corrected chi connectivity index (χ4v) is 1.04. The SMILES string of the molecule is CCC(CCN)NC(C)NC. The summed E-state index contributed by atoms with van der Waals surface area (Å²) >= 11 is 0. The molecule has 11 heavy (non-hydrogen) atoms. The normalized spacial score (nSPS) is 16.4. The van der Waals surface area contributed by atoms with Crippen LogP contribution in [0.15, 0.2) is 0 Å². The van der Waals surface area contributed by atoms with Crippen LogP contribution in [0.2, 0.25) is 0 Å². The molecule has 68 valence electrons. The number of hydrogen-bond donors (Lipinski definition) is 3. The van der Waals surface area contributed by atoms with Crippen LogP contribution in [0.3, 0.4) is 0 Å². The molecule has 0 aliphatic heterocycles. The first-order chi connectivity index (χ1) is 5.24. The Morgan fingerprint density at radius 2 is 2.09 bits per heavy atom. The maximum absolute atomic E-state index is 5.46. The molecule has 2 unspecified atom stereocenters. The van der Waals surface area contributed by atoms with Crippen LogP contribution in [-0.2, 0) is 0 Å². The summed E-state index contributed by atoms with van der Waals surface area (Å²) in [5.74, 6) is 0. The monoisotopic (exact) mass is 159 g/mol. The number of hydrogen-bond acceptors (Lipinski definition) is 3. The lowest BCUT2D eigenvalue weighted by molar-refractivity contribution is 0.388. The van der Waals surface area contributed by atoms with E-state index in [1.54, 1.807) is 0 Å². The Morgan fingerprint density at radius 1 is 1.45 bits per heavy atom. The molecule has 0 aliphatic rings. The van der Waals surface area contributed by atoms with Gasteiger partial charge >= 0.3 is 0 Å². The molecule has 0 fully saturated rings. The van der Waals surface area contributed by atoms with Gasteiger partial charge in [-0.2, -0.15) is 0 Å².